The molecule has 5 fully saturated rings. The van der Waals surface area contributed by atoms with Gasteiger partial charge in [0.25, 0.3) is 0 Å². The molecule has 0 saturated heterocycles. The zero-order valence-electron chi connectivity index (χ0n) is 12.6. The molecular formula is C20H24O. The molecule has 2 unspecified atom stereocenters. The largest absolute Gasteiger partial charge is 0.299 e. The average molecular weight is 280 g/mol. The molecule has 5 aliphatic rings. The maximum absolute atomic E-state index is 13.2. The maximum atomic E-state index is 13.2. The highest BCUT2D eigenvalue weighted by Gasteiger charge is 2.59. The Morgan fingerprint density at radius 1 is 0.857 bits per heavy atom. The van der Waals surface area contributed by atoms with Crippen LogP contribution in [0.15, 0.2) is 30.3 Å². The van der Waals surface area contributed by atoms with Crippen LogP contribution < -0.4 is 0 Å². The van der Waals surface area contributed by atoms with E-state index in [0.717, 1.165) is 24.2 Å². The Morgan fingerprint density at radius 3 is 2.00 bits per heavy atom. The summed E-state index contributed by atoms with van der Waals surface area (Å²) in [6.45, 7) is 0. The highest BCUT2D eigenvalue weighted by atomic mass is 16.1. The van der Waals surface area contributed by atoms with Crippen molar-refractivity contribution in [3.63, 3.8) is 0 Å². The molecule has 21 heavy (non-hydrogen) atoms. The van der Waals surface area contributed by atoms with Crippen LogP contribution in [-0.2, 0) is 4.79 Å². The Balaban J connectivity index is 1.38. The summed E-state index contributed by atoms with van der Waals surface area (Å²) in [6, 6.07) is 10.7. The summed E-state index contributed by atoms with van der Waals surface area (Å²) >= 11 is 0. The minimum absolute atomic E-state index is 0.114. The van der Waals surface area contributed by atoms with Gasteiger partial charge in [-0.25, -0.2) is 0 Å². The molecule has 110 valence electrons. The van der Waals surface area contributed by atoms with Gasteiger partial charge in [-0.2, -0.15) is 0 Å². The van der Waals surface area contributed by atoms with Crippen molar-refractivity contribution in [2.45, 2.75) is 50.9 Å². The minimum atomic E-state index is 0.114. The van der Waals surface area contributed by atoms with Crippen molar-refractivity contribution in [1.82, 2.24) is 0 Å². The van der Waals surface area contributed by atoms with Crippen molar-refractivity contribution in [2.24, 2.45) is 29.1 Å². The summed E-state index contributed by atoms with van der Waals surface area (Å²) in [6.07, 6.45) is 9.10. The lowest BCUT2D eigenvalue weighted by Gasteiger charge is -2.56. The fourth-order valence-corrected chi connectivity index (χ4v) is 6.36. The first-order valence-corrected chi connectivity index (χ1v) is 8.83. The summed E-state index contributed by atoms with van der Waals surface area (Å²) < 4.78 is 0. The van der Waals surface area contributed by atoms with Crippen LogP contribution in [0.1, 0.15) is 56.4 Å². The number of benzene rings is 1. The van der Waals surface area contributed by atoms with Gasteiger partial charge in [-0.3, -0.25) is 4.79 Å². The molecule has 5 aliphatic carbocycles. The Labute approximate surface area is 127 Å². The van der Waals surface area contributed by atoms with Gasteiger partial charge in [-0.05, 0) is 74.2 Å². The molecule has 0 N–H and O–H groups in total. The zero-order chi connectivity index (χ0) is 14.0. The van der Waals surface area contributed by atoms with Gasteiger partial charge in [-0.15, -0.1) is 0 Å². The second-order valence-electron chi connectivity index (χ2n) is 8.42. The molecule has 0 heterocycles. The SMILES string of the molecule is O=C(C1CC1c1ccccc1)C12CC3CC(CC(C3)C1)C2. The number of Topliss-reactive ketones (excluding diaryl/α,β-unsaturated/α-hetero) is 1. The number of carbonyl (C=O) groups excluding carboxylic acids is 1. The minimum Gasteiger partial charge on any atom is -0.299 e. The van der Waals surface area contributed by atoms with E-state index < -0.39 is 0 Å². The van der Waals surface area contributed by atoms with Crippen molar-refractivity contribution in [1.29, 1.82) is 0 Å². The monoisotopic (exact) mass is 280 g/mol. The van der Waals surface area contributed by atoms with Crippen molar-refractivity contribution in [2.75, 3.05) is 0 Å². The molecule has 1 aromatic rings. The van der Waals surface area contributed by atoms with E-state index in [1.165, 1.54) is 44.1 Å². The van der Waals surface area contributed by atoms with Gasteiger partial charge >= 0.3 is 0 Å². The van der Waals surface area contributed by atoms with Gasteiger partial charge in [-0.1, -0.05) is 30.3 Å². The number of ketones is 1. The lowest BCUT2D eigenvalue weighted by Crippen LogP contribution is -2.50. The highest BCUT2D eigenvalue weighted by Crippen LogP contribution is 2.63. The Hall–Kier alpha value is -1.11. The van der Waals surface area contributed by atoms with Crippen molar-refractivity contribution < 1.29 is 4.79 Å². The van der Waals surface area contributed by atoms with E-state index in [4.69, 9.17) is 0 Å². The quantitative estimate of drug-likeness (QED) is 0.792. The molecule has 0 amide bonds. The third kappa shape index (κ3) is 1.86. The maximum Gasteiger partial charge on any atom is 0.142 e. The van der Waals surface area contributed by atoms with Crippen LogP contribution in [0.5, 0.6) is 0 Å². The fraction of sp³-hybridized carbons (Fsp3) is 0.650. The van der Waals surface area contributed by atoms with E-state index in [0.29, 0.717) is 17.6 Å². The molecule has 4 bridgehead atoms. The third-order valence-electron chi connectivity index (χ3n) is 6.92. The second kappa shape index (κ2) is 4.21. The molecular weight excluding hydrogens is 256 g/mol. The summed E-state index contributed by atoms with van der Waals surface area (Å²) in [5.74, 6) is 4.20. The van der Waals surface area contributed by atoms with Gasteiger partial charge in [0.2, 0.25) is 0 Å². The topological polar surface area (TPSA) is 17.1 Å². The van der Waals surface area contributed by atoms with Gasteiger partial charge in [0.1, 0.15) is 5.78 Å². The number of hydrogen-bond donors (Lipinski definition) is 0. The standard InChI is InChI=1S/C20H24O/c21-19(18-9-17(18)16-4-2-1-3-5-16)20-10-13-6-14(11-20)8-15(7-13)12-20/h1-5,13-15,17-18H,6-12H2. The zero-order valence-corrected chi connectivity index (χ0v) is 12.6. The normalized spacial score (nSPS) is 46.6. The molecule has 0 aromatic heterocycles. The summed E-state index contributed by atoms with van der Waals surface area (Å²) in [5, 5.41) is 0. The first-order chi connectivity index (χ1) is 10.2. The lowest BCUT2D eigenvalue weighted by atomic mass is 9.48. The molecule has 2 atom stereocenters. The van der Waals surface area contributed by atoms with Crippen LogP contribution in [-0.4, -0.2) is 5.78 Å². The molecule has 1 heteroatoms. The van der Waals surface area contributed by atoms with E-state index in [1.54, 1.807) is 0 Å². The second-order valence-corrected chi connectivity index (χ2v) is 8.42. The average Bonchev–Trinajstić information content (AvgIpc) is 3.26. The highest BCUT2D eigenvalue weighted by molar-refractivity contribution is 5.90. The third-order valence-corrected chi connectivity index (χ3v) is 6.92. The van der Waals surface area contributed by atoms with Crippen LogP contribution in [0.3, 0.4) is 0 Å². The molecule has 0 radical (unpaired) electrons. The lowest BCUT2D eigenvalue weighted by molar-refractivity contribution is -0.145. The molecule has 1 aromatic carbocycles. The predicted octanol–water partition coefficient (Wildman–Crippen LogP) is 4.58. The van der Waals surface area contributed by atoms with Crippen LogP contribution in [0.4, 0.5) is 0 Å². The smallest absolute Gasteiger partial charge is 0.142 e. The predicted molar refractivity (Wildman–Crippen MR) is 82.9 cm³/mol. The molecule has 0 aliphatic heterocycles. The Bertz CT molecular complexity index is 537. The van der Waals surface area contributed by atoms with Crippen LogP contribution in [0.2, 0.25) is 0 Å². The van der Waals surface area contributed by atoms with Gasteiger partial charge < -0.3 is 0 Å². The van der Waals surface area contributed by atoms with Crippen LogP contribution >= 0.6 is 0 Å². The fourth-order valence-electron chi connectivity index (χ4n) is 6.36. The molecule has 5 saturated carbocycles. The van der Waals surface area contributed by atoms with E-state index >= 15 is 0 Å². The molecule has 1 nitrogen and oxygen atoms in total. The van der Waals surface area contributed by atoms with Gasteiger partial charge in [0, 0.05) is 11.3 Å². The van der Waals surface area contributed by atoms with Crippen molar-refractivity contribution >= 4 is 5.78 Å². The van der Waals surface area contributed by atoms with Crippen LogP contribution in [0.25, 0.3) is 0 Å². The summed E-state index contributed by atoms with van der Waals surface area (Å²) in [5.41, 5.74) is 1.50. The number of carbonyl (C=O) groups is 1. The first kappa shape index (κ1) is 12.4. The van der Waals surface area contributed by atoms with Crippen LogP contribution in [0, 0.1) is 29.1 Å². The van der Waals surface area contributed by atoms with Gasteiger partial charge in [0.05, 0.1) is 0 Å². The van der Waals surface area contributed by atoms with E-state index in [9.17, 15) is 4.79 Å². The van der Waals surface area contributed by atoms with E-state index in [2.05, 4.69) is 30.3 Å². The Morgan fingerprint density at radius 2 is 1.43 bits per heavy atom. The van der Waals surface area contributed by atoms with Crippen molar-refractivity contribution in [3.8, 4) is 0 Å². The molecule has 6 rings (SSSR count). The summed E-state index contributed by atoms with van der Waals surface area (Å²) in [7, 11) is 0. The van der Waals surface area contributed by atoms with E-state index in [1.807, 2.05) is 0 Å². The van der Waals surface area contributed by atoms with E-state index in [-0.39, 0.29) is 5.41 Å². The summed E-state index contributed by atoms with van der Waals surface area (Å²) in [4.78, 5) is 13.2. The Kier molecular flexibility index (Phi) is 2.49. The number of hydrogen-bond acceptors (Lipinski definition) is 1. The molecule has 0 spiro atoms. The number of rotatable bonds is 3. The van der Waals surface area contributed by atoms with Crippen molar-refractivity contribution in [3.05, 3.63) is 35.9 Å². The van der Waals surface area contributed by atoms with Gasteiger partial charge in [0.15, 0.2) is 0 Å². The first-order valence-electron chi connectivity index (χ1n) is 8.83.